The lowest BCUT2D eigenvalue weighted by Gasteiger charge is -2.08. The molecule has 0 saturated carbocycles. The number of nitrogens with zero attached hydrogens (tertiary/aromatic N) is 1. The van der Waals surface area contributed by atoms with Gasteiger partial charge in [-0.25, -0.2) is 9.59 Å². The molecule has 1 N–H and O–H groups in total. The summed E-state index contributed by atoms with van der Waals surface area (Å²) in [6.07, 6.45) is 1.36. The maximum absolute atomic E-state index is 12.4. The van der Waals surface area contributed by atoms with Gasteiger partial charge in [0.15, 0.2) is 6.61 Å². The lowest BCUT2D eigenvalue weighted by Crippen LogP contribution is -2.14. The fourth-order valence-corrected chi connectivity index (χ4v) is 2.58. The molecule has 0 aliphatic heterocycles. The van der Waals surface area contributed by atoms with Crippen LogP contribution in [-0.4, -0.2) is 38.2 Å². The van der Waals surface area contributed by atoms with Crippen LogP contribution < -0.4 is 10.1 Å². The summed E-state index contributed by atoms with van der Waals surface area (Å²) in [6, 6.07) is 12.5. The van der Waals surface area contributed by atoms with E-state index in [1.807, 2.05) is 6.07 Å². The molecule has 0 fully saturated rings. The standard InChI is InChI=1S/C22H19ClN2O6/c1-3-30-22(28)15-5-7-17(8-6-15)25-21(27)16(12-24)10-14-4-9-19(18(23)11-14)31-13-20(26)29-2/h4-11H,3,13H2,1-2H3,(H,25,27)/b16-10+. The van der Waals surface area contributed by atoms with Gasteiger partial charge in [-0.3, -0.25) is 4.79 Å². The Morgan fingerprint density at radius 3 is 2.45 bits per heavy atom. The van der Waals surface area contributed by atoms with Crippen LogP contribution in [-0.2, 0) is 19.1 Å². The first kappa shape index (κ1) is 23.4. The number of halogens is 1. The Labute approximate surface area is 184 Å². The third kappa shape index (κ3) is 6.87. The van der Waals surface area contributed by atoms with E-state index in [0.29, 0.717) is 16.8 Å². The van der Waals surface area contributed by atoms with Crippen LogP contribution in [0.1, 0.15) is 22.8 Å². The number of amides is 1. The molecule has 0 unspecified atom stereocenters. The summed E-state index contributed by atoms with van der Waals surface area (Å²) in [4.78, 5) is 35.3. The van der Waals surface area contributed by atoms with Crippen molar-refractivity contribution >= 4 is 41.2 Å². The zero-order valence-electron chi connectivity index (χ0n) is 16.8. The molecule has 0 bridgehead atoms. The average molecular weight is 443 g/mol. The smallest absolute Gasteiger partial charge is 0.343 e. The van der Waals surface area contributed by atoms with Crippen molar-refractivity contribution in [2.75, 3.05) is 25.6 Å². The van der Waals surface area contributed by atoms with E-state index in [2.05, 4.69) is 10.1 Å². The van der Waals surface area contributed by atoms with Gasteiger partial charge in [0, 0.05) is 5.69 Å². The van der Waals surface area contributed by atoms with Crippen LogP contribution in [0.15, 0.2) is 48.0 Å². The highest BCUT2D eigenvalue weighted by Crippen LogP contribution is 2.26. The predicted molar refractivity (Wildman–Crippen MR) is 114 cm³/mol. The molecule has 0 aromatic heterocycles. The van der Waals surface area contributed by atoms with Gasteiger partial charge in [0.05, 0.1) is 24.3 Å². The Kier molecular flexibility index (Phi) is 8.61. The number of nitriles is 1. The number of anilines is 1. The van der Waals surface area contributed by atoms with Crippen LogP contribution in [0.5, 0.6) is 5.75 Å². The fourth-order valence-electron chi connectivity index (χ4n) is 2.34. The van der Waals surface area contributed by atoms with Crippen molar-refractivity contribution in [3.8, 4) is 11.8 Å². The third-order valence-corrected chi connectivity index (χ3v) is 4.15. The summed E-state index contributed by atoms with van der Waals surface area (Å²) < 4.78 is 14.6. The Morgan fingerprint density at radius 1 is 1.16 bits per heavy atom. The van der Waals surface area contributed by atoms with Crippen LogP contribution in [0.4, 0.5) is 5.69 Å². The second-order valence-corrected chi connectivity index (χ2v) is 6.38. The van der Waals surface area contributed by atoms with Gasteiger partial charge in [-0.05, 0) is 55.0 Å². The number of hydrogen-bond acceptors (Lipinski definition) is 7. The number of carbonyl (C=O) groups is 3. The van der Waals surface area contributed by atoms with E-state index in [4.69, 9.17) is 21.1 Å². The largest absolute Gasteiger partial charge is 0.480 e. The van der Waals surface area contributed by atoms with Gasteiger partial charge in [0.25, 0.3) is 5.91 Å². The molecular formula is C22H19ClN2O6. The van der Waals surface area contributed by atoms with Gasteiger partial charge >= 0.3 is 11.9 Å². The van der Waals surface area contributed by atoms with E-state index >= 15 is 0 Å². The quantitative estimate of drug-likeness (QED) is 0.377. The van der Waals surface area contributed by atoms with Gasteiger partial charge in [-0.2, -0.15) is 5.26 Å². The van der Waals surface area contributed by atoms with Crippen LogP contribution in [0.25, 0.3) is 6.08 Å². The molecule has 2 rings (SSSR count). The Hall–Kier alpha value is -3.83. The van der Waals surface area contributed by atoms with Gasteiger partial charge in [-0.15, -0.1) is 0 Å². The van der Waals surface area contributed by atoms with Crippen molar-refractivity contribution in [1.82, 2.24) is 0 Å². The molecule has 0 aliphatic carbocycles. The highest BCUT2D eigenvalue weighted by atomic mass is 35.5. The minimum atomic E-state index is -0.631. The van der Waals surface area contributed by atoms with Gasteiger partial charge in [-0.1, -0.05) is 17.7 Å². The van der Waals surface area contributed by atoms with Crippen molar-refractivity contribution in [3.63, 3.8) is 0 Å². The highest BCUT2D eigenvalue weighted by molar-refractivity contribution is 6.32. The van der Waals surface area contributed by atoms with Crippen LogP contribution >= 0.6 is 11.6 Å². The topological polar surface area (TPSA) is 115 Å². The van der Waals surface area contributed by atoms with E-state index in [0.717, 1.165) is 0 Å². The molecule has 8 nitrogen and oxygen atoms in total. The number of hydrogen-bond donors (Lipinski definition) is 1. The van der Waals surface area contributed by atoms with E-state index in [9.17, 15) is 19.6 Å². The monoisotopic (exact) mass is 442 g/mol. The SMILES string of the molecule is CCOC(=O)c1ccc(NC(=O)/C(C#N)=C/c2ccc(OCC(=O)OC)c(Cl)c2)cc1. The zero-order valence-corrected chi connectivity index (χ0v) is 17.6. The number of esters is 2. The Balaban J connectivity index is 2.10. The molecule has 2 aromatic rings. The summed E-state index contributed by atoms with van der Waals surface area (Å²) >= 11 is 6.13. The summed E-state index contributed by atoms with van der Waals surface area (Å²) in [6.45, 7) is 1.67. The molecule has 0 heterocycles. The van der Waals surface area contributed by atoms with Crippen LogP contribution in [0.2, 0.25) is 5.02 Å². The molecule has 0 aliphatic rings. The Bertz CT molecular complexity index is 1040. The number of ether oxygens (including phenoxy) is 3. The summed E-state index contributed by atoms with van der Waals surface area (Å²) in [5.74, 6) is -1.39. The van der Waals surface area contributed by atoms with Crippen molar-refractivity contribution in [3.05, 3.63) is 64.2 Å². The van der Waals surface area contributed by atoms with E-state index in [-0.39, 0.29) is 29.6 Å². The van der Waals surface area contributed by atoms with Gasteiger partial charge in [0.1, 0.15) is 17.4 Å². The van der Waals surface area contributed by atoms with Crippen LogP contribution in [0.3, 0.4) is 0 Å². The normalized spacial score (nSPS) is 10.6. The molecular weight excluding hydrogens is 424 g/mol. The predicted octanol–water partition coefficient (Wildman–Crippen LogP) is 3.61. The minimum absolute atomic E-state index is 0.159. The first-order chi connectivity index (χ1) is 14.9. The minimum Gasteiger partial charge on any atom is -0.480 e. The van der Waals surface area contributed by atoms with E-state index in [1.165, 1.54) is 49.6 Å². The van der Waals surface area contributed by atoms with Gasteiger partial charge < -0.3 is 19.5 Å². The molecule has 9 heteroatoms. The van der Waals surface area contributed by atoms with Gasteiger partial charge in [0.2, 0.25) is 0 Å². The first-order valence-electron chi connectivity index (χ1n) is 9.07. The summed E-state index contributed by atoms with van der Waals surface area (Å²) in [7, 11) is 1.24. The second kappa shape index (κ2) is 11.4. The maximum Gasteiger partial charge on any atom is 0.343 e. The third-order valence-electron chi connectivity index (χ3n) is 3.86. The maximum atomic E-state index is 12.4. The molecule has 0 saturated heterocycles. The number of carbonyl (C=O) groups excluding carboxylic acids is 3. The van der Waals surface area contributed by atoms with Crippen molar-refractivity contribution in [1.29, 1.82) is 5.26 Å². The molecule has 1 amide bonds. The van der Waals surface area contributed by atoms with Crippen molar-refractivity contribution in [2.45, 2.75) is 6.92 Å². The highest BCUT2D eigenvalue weighted by Gasteiger charge is 2.12. The number of nitrogens with one attached hydrogen (secondary N) is 1. The van der Waals surface area contributed by atoms with E-state index < -0.39 is 17.8 Å². The van der Waals surface area contributed by atoms with Crippen molar-refractivity contribution in [2.24, 2.45) is 0 Å². The number of methoxy groups -OCH3 is 1. The zero-order chi connectivity index (χ0) is 22.8. The average Bonchev–Trinajstić information content (AvgIpc) is 2.77. The number of benzene rings is 2. The summed E-state index contributed by atoms with van der Waals surface area (Å²) in [5.41, 5.74) is 1.08. The molecule has 2 aromatic carbocycles. The number of rotatable bonds is 8. The fraction of sp³-hybridized carbons (Fsp3) is 0.182. The second-order valence-electron chi connectivity index (χ2n) is 5.98. The first-order valence-corrected chi connectivity index (χ1v) is 9.45. The molecule has 0 radical (unpaired) electrons. The van der Waals surface area contributed by atoms with E-state index in [1.54, 1.807) is 13.0 Å². The summed E-state index contributed by atoms with van der Waals surface area (Å²) in [5, 5.41) is 12.1. The Morgan fingerprint density at radius 2 is 1.87 bits per heavy atom. The molecule has 0 spiro atoms. The van der Waals surface area contributed by atoms with Crippen molar-refractivity contribution < 1.29 is 28.6 Å². The lowest BCUT2D eigenvalue weighted by atomic mass is 10.1. The molecule has 160 valence electrons. The molecule has 31 heavy (non-hydrogen) atoms. The lowest BCUT2D eigenvalue weighted by molar-refractivity contribution is -0.142. The van der Waals surface area contributed by atoms with Crippen LogP contribution in [0, 0.1) is 11.3 Å². The molecule has 0 atom stereocenters.